The highest BCUT2D eigenvalue weighted by Crippen LogP contribution is 2.26. The maximum atomic E-state index is 12.3. The summed E-state index contributed by atoms with van der Waals surface area (Å²) in [6.07, 6.45) is 0.640. The molecular weight excluding hydrogens is 346 g/mol. The first-order chi connectivity index (χ1) is 10.6. The quantitative estimate of drug-likeness (QED) is 0.634. The first kappa shape index (κ1) is 15.0. The second-order valence-electron chi connectivity index (χ2n) is 5.19. The summed E-state index contributed by atoms with van der Waals surface area (Å²) in [6.45, 7) is 0. The highest BCUT2D eigenvalue weighted by atomic mass is 79.9. The first-order valence-electron chi connectivity index (χ1n) is 6.99. The Kier molecular flexibility index (Phi) is 4.42. The van der Waals surface area contributed by atoms with Crippen LogP contribution in [-0.2, 0) is 4.79 Å². The fourth-order valence-corrected chi connectivity index (χ4v) is 2.71. The summed E-state index contributed by atoms with van der Waals surface area (Å²) in [6, 6.07) is 14.4. The van der Waals surface area contributed by atoms with Crippen molar-refractivity contribution in [3.63, 3.8) is 0 Å². The van der Waals surface area contributed by atoms with E-state index in [4.69, 9.17) is 0 Å². The number of benzene rings is 2. The van der Waals surface area contributed by atoms with Crippen LogP contribution in [0.5, 0.6) is 5.75 Å². The van der Waals surface area contributed by atoms with Crippen molar-refractivity contribution in [2.24, 2.45) is 0 Å². The van der Waals surface area contributed by atoms with Crippen molar-refractivity contribution in [1.29, 1.82) is 0 Å². The summed E-state index contributed by atoms with van der Waals surface area (Å²) >= 11 is 3.41. The maximum Gasteiger partial charge on any atom is 0.243 e. The predicted molar refractivity (Wildman–Crippen MR) is 88.3 cm³/mol. The molecule has 2 unspecified atom stereocenters. The number of para-hydroxylation sites is 2. The van der Waals surface area contributed by atoms with Crippen LogP contribution in [0, 0.1) is 0 Å². The Morgan fingerprint density at radius 3 is 2.59 bits per heavy atom. The molecule has 1 amide bonds. The van der Waals surface area contributed by atoms with Gasteiger partial charge in [0.05, 0.1) is 5.69 Å². The fourth-order valence-electron chi connectivity index (χ4n) is 2.44. The number of phenolic OH excluding ortho intramolecular Hbond substituents is 1. The Hall–Kier alpha value is -1.89. The average Bonchev–Trinajstić information content (AvgIpc) is 3.00. The molecule has 5 nitrogen and oxygen atoms in total. The summed E-state index contributed by atoms with van der Waals surface area (Å²) in [5.41, 5.74) is 7.68. The van der Waals surface area contributed by atoms with E-state index in [0.717, 1.165) is 10.0 Å². The van der Waals surface area contributed by atoms with Crippen LogP contribution < -0.4 is 16.2 Å². The van der Waals surface area contributed by atoms with Gasteiger partial charge in [-0.3, -0.25) is 4.79 Å². The summed E-state index contributed by atoms with van der Waals surface area (Å²) in [7, 11) is 0. The Morgan fingerprint density at radius 2 is 1.86 bits per heavy atom. The zero-order chi connectivity index (χ0) is 15.5. The molecule has 3 rings (SSSR count). The average molecular weight is 362 g/mol. The van der Waals surface area contributed by atoms with Crippen molar-refractivity contribution in [2.75, 3.05) is 5.32 Å². The maximum absolute atomic E-state index is 12.3. The molecule has 114 valence electrons. The molecule has 0 aliphatic carbocycles. The van der Waals surface area contributed by atoms with Crippen LogP contribution in [0.1, 0.15) is 18.0 Å². The number of hydrogen-bond donors (Lipinski definition) is 4. The minimum absolute atomic E-state index is 0.0614. The van der Waals surface area contributed by atoms with Gasteiger partial charge in [-0.1, -0.05) is 40.2 Å². The third kappa shape index (κ3) is 3.30. The van der Waals surface area contributed by atoms with Gasteiger partial charge in [0, 0.05) is 10.5 Å². The molecule has 1 saturated heterocycles. The highest BCUT2D eigenvalue weighted by Gasteiger charge is 2.30. The van der Waals surface area contributed by atoms with Crippen molar-refractivity contribution < 1.29 is 9.90 Å². The minimum Gasteiger partial charge on any atom is -0.506 e. The molecule has 0 saturated carbocycles. The zero-order valence-corrected chi connectivity index (χ0v) is 13.3. The topological polar surface area (TPSA) is 73.4 Å². The van der Waals surface area contributed by atoms with Crippen LogP contribution in [-0.4, -0.2) is 17.1 Å². The van der Waals surface area contributed by atoms with Gasteiger partial charge in [0.1, 0.15) is 11.8 Å². The molecule has 2 atom stereocenters. The van der Waals surface area contributed by atoms with E-state index in [-0.39, 0.29) is 23.7 Å². The normalized spacial score (nSPS) is 20.8. The van der Waals surface area contributed by atoms with Crippen molar-refractivity contribution >= 4 is 27.5 Å². The van der Waals surface area contributed by atoms with Crippen LogP contribution >= 0.6 is 15.9 Å². The molecule has 0 radical (unpaired) electrons. The fraction of sp³-hybridized carbons (Fsp3) is 0.188. The molecule has 2 aromatic carbocycles. The lowest BCUT2D eigenvalue weighted by Crippen LogP contribution is -2.39. The SMILES string of the molecule is O=C(Nc1ccccc1O)C1CC(c2ccc(Br)cc2)NN1. The smallest absolute Gasteiger partial charge is 0.243 e. The number of phenols is 1. The lowest BCUT2D eigenvalue weighted by Gasteiger charge is -2.11. The Balaban J connectivity index is 1.64. The van der Waals surface area contributed by atoms with Crippen LogP contribution in [0.2, 0.25) is 0 Å². The van der Waals surface area contributed by atoms with E-state index in [9.17, 15) is 9.90 Å². The molecule has 1 aliphatic rings. The molecule has 2 aromatic rings. The zero-order valence-electron chi connectivity index (χ0n) is 11.7. The molecule has 4 N–H and O–H groups in total. The number of amides is 1. The molecule has 0 bridgehead atoms. The lowest BCUT2D eigenvalue weighted by molar-refractivity contribution is -0.117. The van der Waals surface area contributed by atoms with Crippen LogP contribution in [0.4, 0.5) is 5.69 Å². The largest absolute Gasteiger partial charge is 0.506 e. The van der Waals surface area contributed by atoms with E-state index >= 15 is 0 Å². The van der Waals surface area contributed by atoms with Crippen LogP contribution in [0.3, 0.4) is 0 Å². The number of halogens is 1. The molecule has 0 aromatic heterocycles. The standard InChI is InChI=1S/C16H16BrN3O2/c17-11-7-5-10(6-8-11)13-9-14(20-19-13)16(22)18-12-3-1-2-4-15(12)21/h1-8,13-14,19-21H,9H2,(H,18,22). The van der Waals surface area contributed by atoms with E-state index in [2.05, 4.69) is 32.1 Å². The van der Waals surface area contributed by atoms with Crippen LogP contribution in [0.25, 0.3) is 0 Å². The van der Waals surface area contributed by atoms with Crippen LogP contribution in [0.15, 0.2) is 53.0 Å². The van der Waals surface area contributed by atoms with E-state index in [1.54, 1.807) is 24.3 Å². The third-order valence-electron chi connectivity index (χ3n) is 3.65. The van der Waals surface area contributed by atoms with E-state index < -0.39 is 0 Å². The predicted octanol–water partition coefficient (Wildman–Crippen LogP) is 2.70. The van der Waals surface area contributed by atoms with Gasteiger partial charge in [-0.15, -0.1) is 0 Å². The highest BCUT2D eigenvalue weighted by molar-refractivity contribution is 9.10. The van der Waals surface area contributed by atoms with Gasteiger partial charge in [0.25, 0.3) is 0 Å². The number of hydrazine groups is 1. The van der Waals surface area contributed by atoms with Gasteiger partial charge < -0.3 is 10.4 Å². The Morgan fingerprint density at radius 1 is 1.14 bits per heavy atom. The summed E-state index contributed by atoms with van der Waals surface area (Å²) in [5.74, 6) is -0.111. The number of rotatable bonds is 3. The van der Waals surface area contributed by atoms with Gasteiger partial charge >= 0.3 is 0 Å². The van der Waals surface area contributed by atoms with Gasteiger partial charge in [-0.2, -0.15) is 0 Å². The Labute approximate surface area is 136 Å². The molecule has 0 spiro atoms. The second-order valence-corrected chi connectivity index (χ2v) is 6.10. The molecular formula is C16H16BrN3O2. The number of aromatic hydroxyl groups is 1. The van der Waals surface area contributed by atoms with Gasteiger partial charge in [-0.05, 0) is 36.2 Å². The molecule has 1 fully saturated rings. The van der Waals surface area contributed by atoms with Gasteiger partial charge in [0.15, 0.2) is 0 Å². The van der Waals surface area contributed by atoms with E-state index in [1.807, 2.05) is 24.3 Å². The van der Waals surface area contributed by atoms with Crippen molar-refractivity contribution in [3.8, 4) is 5.75 Å². The lowest BCUT2D eigenvalue weighted by atomic mass is 10.0. The molecule has 1 heterocycles. The summed E-state index contributed by atoms with van der Waals surface area (Å²) < 4.78 is 1.02. The monoisotopic (exact) mass is 361 g/mol. The summed E-state index contributed by atoms with van der Waals surface area (Å²) in [4.78, 5) is 12.3. The molecule has 6 heteroatoms. The summed E-state index contributed by atoms with van der Waals surface area (Å²) in [5, 5.41) is 12.4. The van der Waals surface area contributed by atoms with Crippen molar-refractivity contribution in [3.05, 3.63) is 58.6 Å². The first-order valence-corrected chi connectivity index (χ1v) is 7.78. The van der Waals surface area contributed by atoms with Crippen molar-refractivity contribution in [1.82, 2.24) is 10.9 Å². The third-order valence-corrected chi connectivity index (χ3v) is 4.18. The molecule has 1 aliphatic heterocycles. The second kappa shape index (κ2) is 6.48. The Bertz CT molecular complexity index is 675. The van der Waals surface area contributed by atoms with E-state index in [0.29, 0.717) is 12.1 Å². The number of hydrogen-bond acceptors (Lipinski definition) is 4. The van der Waals surface area contributed by atoms with Gasteiger partial charge in [-0.25, -0.2) is 10.9 Å². The van der Waals surface area contributed by atoms with Gasteiger partial charge in [0.2, 0.25) is 5.91 Å². The number of anilines is 1. The number of carbonyl (C=O) groups is 1. The minimum atomic E-state index is -0.353. The van der Waals surface area contributed by atoms with Crippen molar-refractivity contribution in [2.45, 2.75) is 18.5 Å². The van der Waals surface area contributed by atoms with E-state index in [1.165, 1.54) is 0 Å². The number of carbonyl (C=O) groups excluding carboxylic acids is 1. The molecule has 22 heavy (non-hydrogen) atoms. The number of nitrogens with one attached hydrogen (secondary N) is 3.